The van der Waals surface area contributed by atoms with Crippen LogP contribution in [0.15, 0.2) is 18.5 Å². The summed E-state index contributed by atoms with van der Waals surface area (Å²) >= 11 is 0. The normalized spacial score (nSPS) is 27.4. The van der Waals surface area contributed by atoms with Crippen molar-refractivity contribution in [3.05, 3.63) is 24.0 Å². The summed E-state index contributed by atoms with van der Waals surface area (Å²) < 4.78 is 0. The highest BCUT2D eigenvalue weighted by molar-refractivity contribution is 5.59. The van der Waals surface area contributed by atoms with Crippen LogP contribution in [0.1, 0.15) is 31.2 Å². The summed E-state index contributed by atoms with van der Waals surface area (Å²) in [7, 11) is 0. The molecule has 2 aliphatic rings. The lowest BCUT2D eigenvalue weighted by Crippen LogP contribution is -2.44. The van der Waals surface area contributed by atoms with Gasteiger partial charge in [-0.05, 0) is 38.3 Å². The minimum atomic E-state index is 0.531. The molecule has 0 radical (unpaired) electrons. The summed E-state index contributed by atoms with van der Waals surface area (Å²) in [5, 5.41) is 12.8. The summed E-state index contributed by atoms with van der Waals surface area (Å²) in [5.74, 6) is 0. The maximum absolute atomic E-state index is 9.21. The molecular formula is C14H18N4. The summed E-state index contributed by atoms with van der Waals surface area (Å²) in [4.78, 5) is 6.57. The van der Waals surface area contributed by atoms with E-state index in [1.54, 1.807) is 6.20 Å². The molecule has 94 valence electrons. The highest BCUT2D eigenvalue weighted by Crippen LogP contribution is 2.31. The molecular weight excluding hydrogens is 224 g/mol. The zero-order chi connectivity index (χ0) is 12.4. The Bertz CT molecular complexity index is 459. The van der Waals surface area contributed by atoms with E-state index in [9.17, 15) is 5.26 Å². The van der Waals surface area contributed by atoms with Crippen molar-refractivity contribution < 1.29 is 0 Å². The van der Waals surface area contributed by atoms with Crippen LogP contribution in [0.5, 0.6) is 0 Å². The highest BCUT2D eigenvalue weighted by Gasteiger charge is 2.34. The maximum atomic E-state index is 9.21. The van der Waals surface area contributed by atoms with Gasteiger partial charge in [-0.3, -0.25) is 4.98 Å². The average molecular weight is 242 g/mol. The Morgan fingerprint density at radius 1 is 1.39 bits per heavy atom. The second kappa shape index (κ2) is 4.95. The number of nitrogens with zero attached hydrogens (tertiary/aromatic N) is 3. The molecule has 1 N–H and O–H groups in total. The number of pyridine rings is 1. The quantitative estimate of drug-likeness (QED) is 0.857. The second-order valence-electron chi connectivity index (χ2n) is 5.11. The van der Waals surface area contributed by atoms with Gasteiger partial charge in [-0.2, -0.15) is 5.26 Å². The third kappa shape index (κ3) is 1.95. The molecule has 4 heteroatoms. The molecule has 3 heterocycles. The Balaban J connectivity index is 1.88. The van der Waals surface area contributed by atoms with Gasteiger partial charge in [0.1, 0.15) is 6.07 Å². The number of rotatable bonds is 2. The highest BCUT2D eigenvalue weighted by atomic mass is 15.2. The van der Waals surface area contributed by atoms with E-state index in [1.807, 2.05) is 12.3 Å². The van der Waals surface area contributed by atoms with E-state index < -0.39 is 0 Å². The van der Waals surface area contributed by atoms with Crippen molar-refractivity contribution in [2.45, 2.75) is 37.8 Å². The Kier molecular flexibility index (Phi) is 3.16. The van der Waals surface area contributed by atoms with Crippen LogP contribution in [0.3, 0.4) is 0 Å². The maximum Gasteiger partial charge on any atom is 0.101 e. The number of anilines is 1. The minimum Gasteiger partial charge on any atom is -0.365 e. The molecule has 0 aromatic carbocycles. The van der Waals surface area contributed by atoms with Crippen LogP contribution < -0.4 is 10.2 Å². The van der Waals surface area contributed by atoms with Gasteiger partial charge >= 0.3 is 0 Å². The number of hydrogen-bond acceptors (Lipinski definition) is 4. The van der Waals surface area contributed by atoms with Crippen molar-refractivity contribution in [3.8, 4) is 6.07 Å². The predicted octanol–water partition coefficient (Wildman–Crippen LogP) is 1.67. The molecule has 2 aliphatic heterocycles. The molecule has 0 aliphatic carbocycles. The predicted molar refractivity (Wildman–Crippen MR) is 70.3 cm³/mol. The smallest absolute Gasteiger partial charge is 0.101 e. The van der Waals surface area contributed by atoms with E-state index in [2.05, 4.69) is 21.3 Å². The molecule has 2 unspecified atom stereocenters. The van der Waals surface area contributed by atoms with E-state index >= 15 is 0 Å². The van der Waals surface area contributed by atoms with Crippen molar-refractivity contribution in [1.29, 1.82) is 5.26 Å². The summed E-state index contributed by atoms with van der Waals surface area (Å²) in [6.07, 6.45) is 8.49. The molecule has 2 atom stereocenters. The molecule has 1 aromatic heterocycles. The molecule has 2 saturated heterocycles. The Labute approximate surface area is 108 Å². The zero-order valence-electron chi connectivity index (χ0n) is 10.5. The van der Waals surface area contributed by atoms with Gasteiger partial charge < -0.3 is 10.2 Å². The van der Waals surface area contributed by atoms with Gasteiger partial charge in [-0.15, -0.1) is 0 Å². The van der Waals surface area contributed by atoms with Crippen molar-refractivity contribution in [2.75, 3.05) is 18.0 Å². The monoisotopic (exact) mass is 242 g/mol. The van der Waals surface area contributed by atoms with Gasteiger partial charge in [0.15, 0.2) is 0 Å². The molecule has 18 heavy (non-hydrogen) atoms. The lowest BCUT2D eigenvalue weighted by Gasteiger charge is -2.31. The number of nitriles is 1. The molecule has 0 bridgehead atoms. The van der Waals surface area contributed by atoms with E-state index in [0.29, 0.717) is 12.1 Å². The molecule has 2 fully saturated rings. The fourth-order valence-electron chi connectivity index (χ4n) is 3.26. The van der Waals surface area contributed by atoms with Crippen LogP contribution in [0, 0.1) is 11.3 Å². The van der Waals surface area contributed by atoms with Crippen molar-refractivity contribution >= 4 is 5.69 Å². The van der Waals surface area contributed by atoms with Gasteiger partial charge in [0.05, 0.1) is 17.4 Å². The van der Waals surface area contributed by atoms with E-state index in [-0.39, 0.29) is 0 Å². The standard InChI is InChI=1S/C14H18N4/c15-9-11-5-7-16-10-14(11)18-8-2-4-13(18)12-3-1-6-17-12/h5,7,10,12-13,17H,1-4,6,8H2. The first-order valence-corrected chi connectivity index (χ1v) is 6.74. The lowest BCUT2D eigenvalue weighted by atomic mass is 10.0. The van der Waals surface area contributed by atoms with Crippen LogP contribution in [0.2, 0.25) is 0 Å². The van der Waals surface area contributed by atoms with Crippen LogP contribution in [-0.4, -0.2) is 30.2 Å². The Morgan fingerprint density at radius 2 is 2.33 bits per heavy atom. The first kappa shape index (κ1) is 11.5. The average Bonchev–Trinajstić information content (AvgIpc) is 3.09. The van der Waals surface area contributed by atoms with Crippen LogP contribution in [-0.2, 0) is 0 Å². The van der Waals surface area contributed by atoms with Crippen LogP contribution in [0.25, 0.3) is 0 Å². The van der Waals surface area contributed by atoms with Crippen LogP contribution >= 0.6 is 0 Å². The second-order valence-corrected chi connectivity index (χ2v) is 5.11. The topological polar surface area (TPSA) is 52.0 Å². The van der Waals surface area contributed by atoms with E-state index in [1.165, 1.54) is 25.7 Å². The third-order valence-electron chi connectivity index (χ3n) is 4.09. The summed E-state index contributed by atoms with van der Waals surface area (Å²) in [6.45, 7) is 2.18. The van der Waals surface area contributed by atoms with Gasteiger partial charge in [0, 0.05) is 24.8 Å². The fourth-order valence-corrected chi connectivity index (χ4v) is 3.26. The summed E-state index contributed by atoms with van der Waals surface area (Å²) in [5.41, 5.74) is 1.76. The molecule has 0 amide bonds. The number of hydrogen-bond donors (Lipinski definition) is 1. The Hall–Kier alpha value is -1.60. The molecule has 0 spiro atoms. The molecule has 0 saturated carbocycles. The van der Waals surface area contributed by atoms with Crippen molar-refractivity contribution in [1.82, 2.24) is 10.3 Å². The molecule has 3 rings (SSSR count). The SMILES string of the molecule is N#Cc1ccncc1N1CCCC1C1CCCN1. The van der Waals surface area contributed by atoms with Crippen molar-refractivity contribution in [2.24, 2.45) is 0 Å². The largest absolute Gasteiger partial charge is 0.365 e. The van der Waals surface area contributed by atoms with E-state index in [4.69, 9.17) is 0 Å². The third-order valence-corrected chi connectivity index (χ3v) is 4.09. The first-order valence-electron chi connectivity index (χ1n) is 6.74. The van der Waals surface area contributed by atoms with Gasteiger partial charge in [0.2, 0.25) is 0 Å². The lowest BCUT2D eigenvalue weighted by molar-refractivity contribution is 0.482. The zero-order valence-corrected chi connectivity index (χ0v) is 10.5. The Morgan fingerprint density at radius 3 is 3.11 bits per heavy atom. The first-order chi connectivity index (χ1) is 8.90. The van der Waals surface area contributed by atoms with Gasteiger partial charge in [-0.1, -0.05) is 0 Å². The van der Waals surface area contributed by atoms with Crippen LogP contribution in [0.4, 0.5) is 5.69 Å². The van der Waals surface area contributed by atoms with Gasteiger partial charge in [-0.25, -0.2) is 0 Å². The van der Waals surface area contributed by atoms with Crippen molar-refractivity contribution in [3.63, 3.8) is 0 Å². The molecule has 1 aromatic rings. The minimum absolute atomic E-state index is 0.531. The number of nitrogens with one attached hydrogen (secondary N) is 1. The van der Waals surface area contributed by atoms with E-state index in [0.717, 1.165) is 24.3 Å². The van der Waals surface area contributed by atoms with Gasteiger partial charge in [0.25, 0.3) is 0 Å². The fraction of sp³-hybridized carbons (Fsp3) is 0.571. The summed E-state index contributed by atoms with van der Waals surface area (Å²) in [6, 6.07) is 5.21. The number of aromatic nitrogens is 1. The molecule has 4 nitrogen and oxygen atoms in total.